The van der Waals surface area contributed by atoms with Gasteiger partial charge in [-0.05, 0) is 18.9 Å². The highest BCUT2D eigenvalue weighted by atomic mass is 16.6. The van der Waals surface area contributed by atoms with Crippen molar-refractivity contribution in [1.29, 1.82) is 0 Å². The van der Waals surface area contributed by atoms with Crippen molar-refractivity contribution in [3.8, 4) is 0 Å². The molecule has 1 saturated heterocycles. The summed E-state index contributed by atoms with van der Waals surface area (Å²) in [5.74, 6) is -1.10. The Morgan fingerprint density at radius 2 is 2.17 bits per heavy atom. The quantitative estimate of drug-likeness (QED) is 0.473. The van der Waals surface area contributed by atoms with Crippen LogP contribution in [0.25, 0.3) is 0 Å². The maximum absolute atomic E-state index is 12.3. The lowest BCUT2D eigenvalue weighted by Gasteiger charge is -2.25. The minimum atomic E-state index is -0.759. The lowest BCUT2D eigenvalue weighted by Crippen LogP contribution is -2.44. The second kappa shape index (κ2) is 6.99. The number of aryl methyl sites for hydroxylation is 1. The average molecular weight is 319 g/mol. The van der Waals surface area contributed by atoms with Gasteiger partial charge in [-0.25, -0.2) is 0 Å². The fraction of sp³-hybridized carbons (Fsp3) is 0.400. The molecule has 1 aromatic carbocycles. The molecule has 1 aliphatic rings. The van der Waals surface area contributed by atoms with Gasteiger partial charge in [0.25, 0.3) is 5.69 Å². The van der Waals surface area contributed by atoms with Crippen LogP contribution in [0.4, 0.5) is 5.69 Å². The van der Waals surface area contributed by atoms with Crippen LogP contribution in [0.3, 0.4) is 0 Å². The predicted octanol–water partition coefficient (Wildman–Crippen LogP) is 0.791. The Kier molecular flexibility index (Phi) is 5.05. The molecule has 0 saturated carbocycles. The zero-order valence-corrected chi connectivity index (χ0v) is 12.7. The zero-order chi connectivity index (χ0) is 17.0. The van der Waals surface area contributed by atoms with Crippen molar-refractivity contribution < 1.29 is 19.3 Å². The van der Waals surface area contributed by atoms with E-state index in [9.17, 15) is 24.5 Å². The largest absolute Gasteiger partial charge is 0.330 e. The van der Waals surface area contributed by atoms with E-state index in [1.54, 1.807) is 19.1 Å². The maximum Gasteiger partial charge on any atom is 0.269 e. The Morgan fingerprint density at radius 3 is 2.74 bits per heavy atom. The summed E-state index contributed by atoms with van der Waals surface area (Å²) >= 11 is 0. The number of carbonyl (C=O) groups is 3. The molecule has 1 unspecified atom stereocenters. The van der Waals surface area contributed by atoms with E-state index < -0.39 is 16.9 Å². The lowest BCUT2D eigenvalue weighted by molar-refractivity contribution is -0.384. The first kappa shape index (κ1) is 16.6. The summed E-state index contributed by atoms with van der Waals surface area (Å²) in [5, 5.41) is 12.9. The number of carbonyl (C=O) groups excluding carboxylic acids is 3. The monoisotopic (exact) mass is 319 g/mol. The third-order valence-electron chi connectivity index (χ3n) is 3.73. The van der Waals surface area contributed by atoms with Crippen molar-refractivity contribution in [1.82, 2.24) is 10.2 Å². The van der Waals surface area contributed by atoms with Gasteiger partial charge in [0.1, 0.15) is 6.04 Å². The average Bonchev–Trinajstić information content (AvgIpc) is 2.85. The van der Waals surface area contributed by atoms with Crippen LogP contribution < -0.4 is 5.32 Å². The molecule has 23 heavy (non-hydrogen) atoms. The number of hydrogen-bond donors (Lipinski definition) is 1. The van der Waals surface area contributed by atoms with Crippen LogP contribution in [-0.2, 0) is 20.8 Å². The second-order valence-corrected chi connectivity index (χ2v) is 5.24. The molecule has 3 amide bonds. The SMILES string of the molecule is CCN(C(=O)CCc1cccc([N+](=O)[O-])c1)C1CC(=O)NC1=O. The molecule has 2 rings (SSSR count). The number of benzene rings is 1. The van der Waals surface area contributed by atoms with E-state index in [0.717, 1.165) is 0 Å². The van der Waals surface area contributed by atoms with Gasteiger partial charge in [-0.1, -0.05) is 12.1 Å². The summed E-state index contributed by atoms with van der Waals surface area (Å²) in [5.41, 5.74) is 0.651. The Balaban J connectivity index is 2.00. The number of nitro benzene ring substituents is 1. The van der Waals surface area contributed by atoms with Crippen molar-refractivity contribution in [3.05, 3.63) is 39.9 Å². The number of imide groups is 1. The van der Waals surface area contributed by atoms with Gasteiger partial charge in [-0.2, -0.15) is 0 Å². The molecule has 0 bridgehead atoms. The highest BCUT2D eigenvalue weighted by Gasteiger charge is 2.36. The number of amides is 3. The van der Waals surface area contributed by atoms with Crippen LogP contribution in [0.5, 0.6) is 0 Å². The molecule has 1 aromatic rings. The molecule has 8 nitrogen and oxygen atoms in total. The van der Waals surface area contributed by atoms with Crippen LogP contribution in [0, 0.1) is 10.1 Å². The Labute approximate surface area is 132 Å². The predicted molar refractivity (Wildman–Crippen MR) is 80.4 cm³/mol. The summed E-state index contributed by atoms with van der Waals surface area (Å²) in [6, 6.07) is 5.33. The minimum Gasteiger partial charge on any atom is -0.330 e. The van der Waals surface area contributed by atoms with Crippen LogP contribution in [0.15, 0.2) is 24.3 Å². The van der Waals surface area contributed by atoms with Crippen molar-refractivity contribution in [2.24, 2.45) is 0 Å². The Hall–Kier alpha value is -2.77. The molecular weight excluding hydrogens is 302 g/mol. The van der Waals surface area contributed by atoms with Crippen LogP contribution in [0.1, 0.15) is 25.3 Å². The molecular formula is C15H17N3O5. The first-order valence-electron chi connectivity index (χ1n) is 7.29. The number of rotatable bonds is 6. The number of nitrogens with one attached hydrogen (secondary N) is 1. The van der Waals surface area contributed by atoms with E-state index in [2.05, 4.69) is 5.32 Å². The molecule has 1 N–H and O–H groups in total. The molecule has 0 radical (unpaired) electrons. The smallest absolute Gasteiger partial charge is 0.269 e. The summed E-state index contributed by atoms with van der Waals surface area (Å²) in [7, 11) is 0. The van der Waals surface area contributed by atoms with E-state index >= 15 is 0 Å². The summed E-state index contributed by atoms with van der Waals surface area (Å²) < 4.78 is 0. The van der Waals surface area contributed by atoms with Crippen LogP contribution in [0.2, 0.25) is 0 Å². The third kappa shape index (κ3) is 3.91. The molecule has 1 fully saturated rings. The molecule has 1 aliphatic heterocycles. The Bertz CT molecular complexity index is 658. The molecule has 0 spiro atoms. The number of nitro groups is 1. The summed E-state index contributed by atoms with van der Waals surface area (Å²) in [4.78, 5) is 46.9. The first-order chi connectivity index (χ1) is 10.9. The van der Waals surface area contributed by atoms with Gasteiger partial charge in [0, 0.05) is 25.1 Å². The third-order valence-corrected chi connectivity index (χ3v) is 3.73. The molecule has 1 atom stereocenters. The topological polar surface area (TPSA) is 110 Å². The lowest BCUT2D eigenvalue weighted by atomic mass is 10.1. The van der Waals surface area contributed by atoms with Crippen molar-refractivity contribution in [3.63, 3.8) is 0 Å². The molecule has 0 aliphatic carbocycles. The number of likely N-dealkylation sites (N-methyl/N-ethyl adjacent to an activating group) is 1. The molecule has 8 heteroatoms. The number of nitrogens with zero attached hydrogens (tertiary/aromatic N) is 2. The van der Waals surface area contributed by atoms with E-state index in [1.807, 2.05) is 0 Å². The molecule has 1 heterocycles. The normalized spacial score (nSPS) is 17.0. The highest BCUT2D eigenvalue weighted by molar-refractivity contribution is 6.06. The van der Waals surface area contributed by atoms with Crippen LogP contribution >= 0.6 is 0 Å². The fourth-order valence-electron chi connectivity index (χ4n) is 2.58. The van der Waals surface area contributed by atoms with Gasteiger partial charge < -0.3 is 4.90 Å². The Morgan fingerprint density at radius 1 is 1.43 bits per heavy atom. The standard InChI is InChI=1S/C15H17N3O5/c1-2-17(12-9-13(19)16-15(12)21)14(20)7-6-10-4-3-5-11(8-10)18(22)23/h3-5,8,12H,2,6-7,9H2,1H3,(H,16,19,21). The van der Waals surface area contributed by atoms with E-state index in [4.69, 9.17) is 0 Å². The second-order valence-electron chi connectivity index (χ2n) is 5.24. The first-order valence-corrected chi connectivity index (χ1v) is 7.29. The zero-order valence-electron chi connectivity index (χ0n) is 12.7. The van der Waals surface area contributed by atoms with Crippen molar-refractivity contribution >= 4 is 23.4 Å². The van der Waals surface area contributed by atoms with Crippen molar-refractivity contribution in [2.75, 3.05) is 6.54 Å². The maximum atomic E-state index is 12.3. The van der Waals surface area contributed by atoms with E-state index in [-0.39, 0.29) is 30.3 Å². The van der Waals surface area contributed by atoms with Gasteiger partial charge in [-0.3, -0.25) is 29.8 Å². The summed E-state index contributed by atoms with van der Waals surface area (Å²) in [6.07, 6.45) is 0.432. The van der Waals surface area contributed by atoms with Gasteiger partial charge in [-0.15, -0.1) is 0 Å². The molecule has 0 aromatic heterocycles. The highest BCUT2D eigenvalue weighted by Crippen LogP contribution is 2.16. The van der Waals surface area contributed by atoms with Gasteiger partial charge in [0.2, 0.25) is 17.7 Å². The van der Waals surface area contributed by atoms with Gasteiger partial charge >= 0.3 is 0 Å². The number of hydrogen-bond acceptors (Lipinski definition) is 5. The van der Waals surface area contributed by atoms with E-state index in [0.29, 0.717) is 18.5 Å². The molecule has 122 valence electrons. The number of non-ortho nitro benzene ring substituents is 1. The van der Waals surface area contributed by atoms with Crippen LogP contribution in [-0.4, -0.2) is 40.1 Å². The van der Waals surface area contributed by atoms with Crippen molar-refractivity contribution in [2.45, 2.75) is 32.2 Å². The van der Waals surface area contributed by atoms with E-state index in [1.165, 1.54) is 17.0 Å². The van der Waals surface area contributed by atoms with Gasteiger partial charge in [0.05, 0.1) is 11.3 Å². The van der Waals surface area contributed by atoms with Gasteiger partial charge in [0.15, 0.2) is 0 Å². The summed E-state index contributed by atoms with van der Waals surface area (Å²) in [6.45, 7) is 2.06. The fourth-order valence-corrected chi connectivity index (χ4v) is 2.58. The minimum absolute atomic E-state index is 0.0186.